The van der Waals surface area contributed by atoms with Gasteiger partial charge in [-0.15, -0.1) is 0 Å². The van der Waals surface area contributed by atoms with Crippen molar-refractivity contribution in [1.82, 2.24) is 4.98 Å². The zero-order valence-electron chi connectivity index (χ0n) is 12.9. The van der Waals surface area contributed by atoms with Gasteiger partial charge >= 0.3 is 5.97 Å². The van der Waals surface area contributed by atoms with Crippen molar-refractivity contribution in [3.05, 3.63) is 47.7 Å². The average molecular weight is 312 g/mol. The molecule has 0 fully saturated rings. The number of methoxy groups -OCH3 is 1. The molecule has 2 rings (SSSR count). The summed E-state index contributed by atoms with van der Waals surface area (Å²) in [5, 5.41) is 9.06. The average Bonchev–Trinajstić information content (AvgIpc) is 2.57. The zero-order valence-corrected chi connectivity index (χ0v) is 12.9. The molecule has 0 bridgehead atoms. The molecule has 0 unspecified atom stereocenters. The van der Waals surface area contributed by atoms with Crippen LogP contribution in [0, 0.1) is 11.3 Å². The van der Waals surface area contributed by atoms with Gasteiger partial charge < -0.3 is 14.2 Å². The van der Waals surface area contributed by atoms with Crippen LogP contribution in [0.4, 0.5) is 0 Å². The van der Waals surface area contributed by atoms with E-state index in [4.69, 9.17) is 19.5 Å². The number of ether oxygens (including phenoxy) is 3. The first kappa shape index (κ1) is 16.3. The predicted octanol–water partition coefficient (Wildman–Crippen LogP) is 2.86. The molecular formula is C17H16N2O4. The Morgan fingerprint density at radius 2 is 2.13 bits per heavy atom. The maximum atomic E-state index is 11.5. The van der Waals surface area contributed by atoms with Crippen LogP contribution in [0.15, 0.2) is 36.5 Å². The van der Waals surface area contributed by atoms with E-state index in [0.29, 0.717) is 23.7 Å². The standard InChI is InChI=1S/C17H16N2O4/c1-3-22-16(20)10-12-6-7-14(15(9-12)21-2)23-17-13(11-18)5-4-8-19-17/h4-9H,3,10H2,1-2H3. The minimum atomic E-state index is -0.306. The summed E-state index contributed by atoms with van der Waals surface area (Å²) in [4.78, 5) is 15.6. The molecule has 0 spiro atoms. The van der Waals surface area contributed by atoms with E-state index in [2.05, 4.69) is 4.98 Å². The van der Waals surface area contributed by atoms with Gasteiger partial charge in [0.15, 0.2) is 11.5 Å². The minimum Gasteiger partial charge on any atom is -0.493 e. The number of hydrogen-bond acceptors (Lipinski definition) is 6. The highest BCUT2D eigenvalue weighted by atomic mass is 16.5. The van der Waals surface area contributed by atoms with Gasteiger partial charge in [0, 0.05) is 6.20 Å². The third-order valence-corrected chi connectivity index (χ3v) is 2.98. The first-order valence-electron chi connectivity index (χ1n) is 7.03. The molecule has 0 aliphatic carbocycles. The maximum Gasteiger partial charge on any atom is 0.310 e. The molecule has 0 aliphatic heterocycles. The monoisotopic (exact) mass is 312 g/mol. The SMILES string of the molecule is CCOC(=O)Cc1ccc(Oc2ncccc2C#N)c(OC)c1. The van der Waals surface area contributed by atoms with Gasteiger partial charge in [-0.25, -0.2) is 4.98 Å². The number of pyridine rings is 1. The molecule has 6 heteroatoms. The smallest absolute Gasteiger partial charge is 0.310 e. The fourth-order valence-electron chi connectivity index (χ4n) is 1.95. The molecule has 1 aromatic carbocycles. The van der Waals surface area contributed by atoms with Gasteiger partial charge in [0.2, 0.25) is 5.88 Å². The summed E-state index contributed by atoms with van der Waals surface area (Å²) in [5.41, 5.74) is 1.07. The van der Waals surface area contributed by atoms with Crippen molar-refractivity contribution in [1.29, 1.82) is 5.26 Å². The van der Waals surface area contributed by atoms with Gasteiger partial charge in [0.1, 0.15) is 11.6 Å². The number of benzene rings is 1. The Morgan fingerprint density at radius 3 is 2.83 bits per heavy atom. The zero-order chi connectivity index (χ0) is 16.7. The third kappa shape index (κ3) is 4.20. The number of hydrogen-bond donors (Lipinski definition) is 0. The quantitative estimate of drug-likeness (QED) is 0.763. The second-order valence-corrected chi connectivity index (χ2v) is 4.54. The van der Waals surface area contributed by atoms with Crippen molar-refractivity contribution in [2.24, 2.45) is 0 Å². The summed E-state index contributed by atoms with van der Waals surface area (Å²) in [6.45, 7) is 2.10. The van der Waals surface area contributed by atoms with Crippen molar-refractivity contribution < 1.29 is 19.0 Å². The first-order valence-corrected chi connectivity index (χ1v) is 7.03. The molecule has 118 valence electrons. The van der Waals surface area contributed by atoms with E-state index in [-0.39, 0.29) is 18.3 Å². The molecule has 0 atom stereocenters. The van der Waals surface area contributed by atoms with Crippen LogP contribution in [0.1, 0.15) is 18.1 Å². The van der Waals surface area contributed by atoms with E-state index in [1.165, 1.54) is 13.3 Å². The topological polar surface area (TPSA) is 81.4 Å². The molecule has 0 saturated heterocycles. The summed E-state index contributed by atoms with van der Waals surface area (Å²) in [5.74, 6) is 0.753. The number of carbonyl (C=O) groups is 1. The predicted molar refractivity (Wildman–Crippen MR) is 82.4 cm³/mol. The highest BCUT2D eigenvalue weighted by Gasteiger charge is 2.12. The molecule has 1 aromatic heterocycles. The first-order chi connectivity index (χ1) is 11.2. The Morgan fingerprint density at radius 1 is 1.30 bits per heavy atom. The Bertz CT molecular complexity index is 738. The molecule has 0 amide bonds. The van der Waals surface area contributed by atoms with E-state index < -0.39 is 0 Å². The lowest BCUT2D eigenvalue weighted by atomic mass is 10.1. The Labute approximate surface area is 134 Å². The summed E-state index contributed by atoms with van der Waals surface area (Å²) >= 11 is 0. The number of carbonyl (C=O) groups excluding carboxylic acids is 1. The molecule has 1 heterocycles. The summed E-state index contributed by atoms with van der Waals surface area (Å²) in [6, 6.07) is 10.4. The molecule has 0 N–H and O–H groups in total. The molecule has 6 nitrogen and oxygen atoms in total. The van der Waals surface area contributed by atoms with Crippen LogP contribution in [0.2, 0.25) is 0 Å². The van der Waals surface area contributed by atoms with Gasteiger partial charge in [0.05, 0.1) is 20.1 Å². The van der Waals surface area contributed by atoms with E-state index in [1.54, 1.807) is 37.3 Å². The summed E-state index contributed by atoms with van der Waals surface area (Å²) < 4.78 is 15.9. The van der Waals surface area contributed by atoms with Crippen molar-refractivity contribution >= 4 is 5.97 Å². The minimum absolute atomic E-state index is 0.150. The fourth-order valence-corrected chi connectivity index (χ4v) is 1.95. The van der Waals surface area contributed by atoms with Crippen LogP contribution in [-0.4, -0.2) is 24.7 Å². The molecule has 0 aliphatic rings. The van der Waals surface area contributed by atoms with Gasteiger partial charge in [-0.3, -0.25) is 4.79 Å². The van der Waals surface area contributed by atoms with E-state index in [9.17, 15) is 4.79 Å². The van der Waals surface area contributed by atoms with Crippen LogP contribution < -0.4 is 9.47 Å². The molecular weight excluding hydrogens is 296 g/mol. The largest absolute Gasteiger partial charge is 0.493 e. The van der Waals surface area contributed by atoms with Crippen LogP contribution in [0.3, 0.4) is 0 Å². The Hall–Kier alpha value is -3.07. The van der Waals surface area contributed by atoms with Gasteiger partial charge in [-0.1, -0.05) is 6.07 Å². The second kappa shape index (κ2) is 7.80. The maximum absolute atomic E-state index is 11.5. The summed E-state index contributed by atoms with van der Waals surface area (Å²) in [7, 11) is 1.50. The van der Waals surface area contributed by atoms with E-state index in [1.807, 2.05) is 6.07 Å². The number of rotatable bonds is 6. The van der Waals surface area contributed by atoms with Crippen LogP contribution in [0.5, 0.6) is 17.4 Å². The van der Waals surface area contributed by atoms with E-state index >= 15 is 0 Å². The molecule has 2 aromatic rings. The number of nitriles is 1. The fraction of sp³-hybridized carbons (Fsp3) is 0.235. The van der Waals surface area contributed by atoms with Crippen molar-refractivity contribution in [2.45, 2.75) is 13.3 Å². The van der Waals surface area contributed by atoms with Crippen molar-refractivity contribution in [3.8, 4) is 23.4 Å². The summed E-state index contributed by atoms with van der Waals surface area (Å²) in [6.07, 6.45) is 1.69. The molecule has 0 saturated carbocycles. The number of esters is 1. The normalized spacial score (nSPS) is 9.78. The highest BCUT2D eigenvalue weighted by molar-refractivity contribution is 5.73. The van der Waals surface area contributed by atoms with Crippen molar-refractivity contribution in [3.63, 3.8) is 0 Å². The second-order valence-electron chi connectivity index (χ2n) is 4.54. The molecule has 23 heavy (non-hydrogen) atoms. The van der Waals surface area contributed by atoms with Crippen LogP contribution in [0.25, 0.3) is 0 Å². The van der Waals surface area contributed by atoms with Gasteiger partial charge in [-0.2, -0.15) is 5.26 Å². The lowest BCUT2D eigenvalue weighted by Gasteiger charge is -2.11. The van der Waals surface area contributed by atoms with Gasteiger partial charge in [-0.05, 0) is 36.8 Å². The van der Waals surface area contributed by atoms with Crippen molar-refractivity contribution in [2.75, 3.05) is 13.7 Å². The lowest BCUT2D eigenvalue weighted by Crippen LogP contribution is -2.07. The highest BCUT2D eigenvalue weighted by Crippen LogP contribution is 2.32. The van der Waals surface area contributed by atoms with Gasteiger partial charge in [0.25, 0.3) is 0 Å². The van der Waals surface area contributed by atoms with Crippen LogP contribution >= 0.6 is 0 Å². The number of nitrogens with zero attached hydrogens (tertiary/aromatic N) is 2. The number of aromatic nitrogens is 1. The Balaban J connectivity index is 2.23. The molecule has 0 radical (unpaired) electrons. The Kier molecular flexibility index (Phi) is 5.53. The van der Waals surface area contributed by atoms with E-state index in [0.717, 1.165) is 5.56 Å². The third-order valence-electron chi connectivity index (χ3n) is 2.98. The lowest BCUT2D eigenvalue weighted by molar-refractivity contribution is -0.142. The van der Waals surface area contributed by atoms with Crippen LogP contribution in [-0.2, 0) is 16.0 Å².